The molecule has 0 aliphatic carbocycles. The molecule has 2 fully saturated rings. The van der Waals surface area contributed by atoms with E-state index in [-0.39, 0.29) is 31.2 Å². The molecule has 2 aliphatic rings. The Bertz CT molecular complexity index is 232. The highest BCUT2D eigenvalue weighted by Gasteiger charge is 2.33. The molecule has 1 unspecified atom stereocenters. The molecule has 5 heteroatoms. The lowest BCUT2D eigenvalue weighted by Gasteiger charge is -2.35. The molecule has 0 radical (unpaired) electrons. The molecule has 2 saturated heterocycles. The summed E-state index contributed by atoms with van der Waals surface area (Å²) in [6.45, 7) is 0.941. The molecule has 0 bridgehead atoms. The number of nitrogens with zero attached hydrogens (tertiary/aromatic N) is 1. The maximum absolute atomic E-state index is 11.4. The molecule has 0 aromatic rings. The highest BCUT2D eigenvalue weighted by Crippen LogP contribution is 2.14. The summed E-state index contributed by atoms with van der Waals surface area (Å²) >= 11 is 0. The highest BCUT2D eigenvalue weighted by atomic mass is 16.5. The van der Waals surface area contributed by atoms with Crippen LogP contribution in [0.4, 0.5) is 0 Å². The maximum Gasteiger partial charge on any atom is 0.256 e. The first-order valence-corrected chi connectivity index (χ1v) is 4.95. The summed E-state index contributed by atoms with van der Waals surface area (Å²) in [6, 6.07) is 0. The number of carbonyl (C=O) groups is 2. The van der Waals surface area contributed by atoms with Crippen LogP contribution in [-0.4, -0.2) is 42.6 Å². The van der Waals surface area contributed by atoms with Crippen molar-refractivity contribution in [2.24, 2.45) is 0 Å². The summed E-state index contributed by atoms with van der Waals surface area (Å²) in [6.07, 6.45) is 2.93. The zero-order valence-corrected chi connectivity index (χ0v) is 7.99. The molecule has 0 aromatic heterocycles. The number of amides is 2. The lowest BCUT2D eigenvalue weighted by molar-refractivity contribution is -0.163. The van der Waals surface area contributed by atoms with Crippen LogP contribution in [0.25, 0.3) is 0 Å². The van der Waals surface area contributed by atoms with E-state index in [4.69, 9.17) is 4.74 Å². The number of nitrogens with one attached hydrogen (secondary N) is 1. The van der Waals surface area contributed by atoms with Crippen molar-refractivity contribution in [3.05, 3.63) is 0 Å². The SMILES string of the molecule is O=C1COCC(=O)N1C1CCCCN1. The van der Waals surface area contributed by atoms with Crippen LogP contribution in [0.5, 0.6) is 0 Å². The van der Waals surface area contributed by atoms with Gasteiger partial charge in [0.2, 0.25) is 0 Å². The zero-order valence-electron chi connectivity index (χ0n) is 7.99. The molecule has 2 heterocycles. The van der Waals surface area contributed by atoms with Crippen LogP contribution in [-0.2, 0) is 14.3 Å². The number of hydrogen-bond donors (Lipinski definition) is 1. The van der Waals surface area contributed by atoms with E-state index in [9.17, 15) is 9.59 Å². The van der Waals surface area contributed by atoms with Crippen LogP contribution in [0.15, 0.2) is 0 Å². The molecule has 14 heavy (non-hydrogen) atoms. The van der Waals surface area contributed by atoms with Gasteiger partial charge in [0.05, 0.1) is 6.17 Å². The molecule has 2 aliphatic heterocycles. The predicted molar refractivity (Wildman–Crippen MR) is 48.3 cm³/mol. The molecular weight excluding hydrogens is 184 g/mol. The van der Waals surface area contributed by atoms with E-state index in [1.54, 1.807) is 0 Å². The monoisotopic (exact) mass is 198 g/mol. The van der Waals surface area contributed by atoms with Crippen molar-refractivity contribution in [1.29, 1.82) is 0 Å². The van der Waals surface area contributed by atoms with E-state index in [0.717, 1.165) is 25.8 Å². The van der Waals surface area contributed by atoms with Crippen molar-refractivity contribution in [1.82, 2.24) is 10.2 Å². The number of morpholine rings is 1. The molecule has 2 amide bonds. The Kier molecular flexibility index (Phi) is 2.79. The van der Waals surface area contributed by atoms with Gasteiger partial charge in [0, 0.05) is 0 Å². The third-order valence-electron chi connectivity index (χ3n) is 2.58. The smallest absolute Gasteiger partial charge is 0.256 e. The van der Waals surface area contributed by atoms with E-state index in [1.807, 2.05) is 0 Å². The van der Waals surface area contributed by atoms with Crippen LogP contribution >= 0.6 is 0 Å². The molecule has 78 valence electrons. The van der Waals surface area contributed by atoms with Gasteiger partial charge in [-0.3, -0.25) is 19.8 Å². The highest BCUT2D eigenvalue weighted by molar-refractivity contribution is 5.98. The van der Waals surface area contributed by atoms with E-state index in [0.29, 0.717) is 0 Å². The molecule has 1 atom stereocenters. The number of piperidine rings is 1. The summed E-state index contributed by atoms with van der Waals surface area (Å²) in [7, 11) is 0. The molecule has 0 saturated carbocycles. The second kappa shape index (κ2) is 4.06. The zero-order chi connectivity index (χ0) is 9.97. The third-order valence-corrected chi connectivity index (χ3v) is 2.58. The largest absolute Gasteiger partial charge is 0.362 e. The topological polar surface area (TPSA) is 58.6 Å². The Balaban J connectivity index is 2.05. The summed E-state index contributed by atoms with van der Waals surface area (Å²) in [5, 5.41) is 3.18. The van der Waals surface area contributed by atoms with Gasteiger partial charge in [0.25, 0.3) is 11.8 Å². The van der Waals surface area contributed by atoms with Crippen LogP contribution in [0.3, 0.4) is 0 Å². The van der Waals surface area contributed by atoms with Gasteiger partial charge in [-0.15, -0.1) is 0 Å². The van der Waals surface area contributed by atoms with E-state index in [2.05, 4.69) is 5.32 Å². The lowest BCUT2D eigenvalue weighted by Crippen LogP contribution is -2.57. The van der Waals surface area contributed by atoms with Gasteiger partial charge in [-0.1, -0.05) is 0 Å². The second-order valence-electron chi connectivity index (χ2n) is 3.62. The van der Waals surface area contributed by atoms with E-state index in [1.165, 1.54) is 4.90 Å². The average Bonchev–Trinajstić information content (AvgIpc) is 2.19. The predicted octanol–water partition coefficient (Wildman–Crippen LogP) is -0.529. The molecular formula is C9H14N2O3. The van der Waals surface area contributed by atoms with Crippen molar-refractivity contribution >= 4 is 11.8 Å². The summed E-state index contributed by atoms with van der Waals surface area (Å²) in [4.78, 5) is 24.2. The molecule has 0 spiro atoms. The minimum absolute atomic E-state index is 0.0317. The minimum Gasteiger partial charge on any atom is -0.362 e. The molecule has 2 rings (SSSR count). The summed E-state index contributed by atoms with van der Waals surface area (Å²) in [5.41, 5.74) is 0. The van der Waals surface area contributed by atoms with Crippen molar-refractivity contribution in [3.63, 3.8) is 0 Å². The van der Waals surface area contributed by atoms with Crippen LogP contribution < -0.4 is 5.32 Å². The fraction of sp³-hybridized carbons (Fsp3) is 0.778. The van der Waals surface area contributed by atoms with E-state index < -0.39 is 0 Å². The lowest BCUT2D eigenvalue weighted by atomic mass is 10.1. The Labute approximate surface area is 82.4 Å². The number of carbonyl (C=O) groups excluding carboxylic acids is 2. The van der Waals surface area contributed by atoms with Gasteiger partial charge in [0.15, 0.2) is 0 Å². The Morgan fingerprint density at radius 3 is 2.50 bits per heavy atom. The first kappa shape index (κ1) is 9.61. The summed E-state index contributed by atoms with van der Waals surface area (Å²) in [5.74, 6) is -0.443. The third kappa shape index (κ3) is 1.78. The Hall–Kier alpha value is -0.940. The Morgan fingerprint density at radius 2 is 1.93 bits per heavy atom. The molecule has 0 aromatic carbocycles. The fourth-order valence-corrected chi connectivity index (χ4v) is 1.91. The quantitative estimate of drug-likeness (QED) is 0.575. The van der Waals surface area contributed by atoms with Gasteiger partial charge in [0.1, 0.15) is 13.2 Å². The van der Waals surface area contributed by atoms with Gasteiger partial charge in [-0.25, -0.2) is 0 Å². The number of hydrogen-bond acceptors (Lipinski definition) is 4. The molecule has 1 N–H and O–H groups in total. The number of ether oxygens (including phenoxy) is 1. The van der Waals surface area contributed by atoms with Crippen molar-refractivity contribution < 1.29 is 14.3 Å². The first-order valence-electron chi connectivity index (χ1n) is 4.95. The van der Waals surface area contributed by atoms with Gasteiger partial charge < -0.3 is 4.74 Å². The van der Waals surface area contributed by atoms with Gasteiger partial charge in [-0.2, -0.15) is 0 Å². The van der Waals surface area contributed by atoms with Crippen molar-refractivity contribution in [2.45, 2.75) is 25.4 Å². The van der Waals surface area contributed by atoms with Crippen LogP contribution in [0, 0.1) is 0 Å². The van der Waals surface area contributed by atoms with Crippen LogP contribution in [0.2, 0.25) is 0 Å². The first-order chi connectivity index (χ1) is 6.79. The standard InChI is InChI=1S/C9H14N2O3/c12-8-5-14-6-9(13)11(8)7-3-1-2-4-10-7/h7,10H,1-6H2. The van der Waals surface area contributed by atoms with E-state index >= 15 is 0 Å². The van der Waals surface area contributed by atoms with Crippen molar-refractivity contribution in [2.75, 3.05) is 19.8 Å². The normalized spacial score (nSPS) is 29.4. The summed E-state index contributed by atoms with van der Waals surface area (Å²) < 4.78 is 4.85. The number of rotatable bonds is 1. The fourth-order valence-electron chi connectivity index (χ4n) is 1.91. The maximum atomic E-state index is 11.4. The molecule has 5 nitrogen and oxygen atoms in total. The van der Waals surface area contributed by atoms with Gasteiger partial charge in [-0.05, 0) is 25.8 Å². The average molecular weight is 198 g/mol. The van der Waals surface area contributed by atoms with Crippen LogP contribution in [0.1, 0.15) is 19.3 Å². The second-order valence-corrected chi connectivity index (χ2v) is 3.62. The van der Waals surface area contributed by atoms with Gasteiger partial charge >= 0.3 is 0 Å². The minimum atomic E-state index is -0.222. The Morgan fingerprint density at radius 1 is 1.21 bits per heavy atom. The van der Waals surface area contributed by atoms with Crippen molar-refractivity contribution in [3.8, 4) is 0 Å². The number of imide groups is 1.